The molecule has 1 aliphatic carbocycles. The van der Waals surface area contributed by atoms with Crippen LogP contribution in [0.25, 0.3) is 0 Å². The van der Waals surface area contributed by atoms with Crippen LogP contribution in [0.5, 0.6) is 0 Å². The summed E-state index contributed by atoms with van der Waals surface area (Å²) in [5.74, 6) is -10.2. The van der Waals surface area contributed by atoms with Crippen molar-refractivity contribution in [2.75, 3.05) is 27.9 Å². The molecule has 19 nitrogen and oxygen atoms in total. The van der Waals surface area contributed by atoms with E-state index in [2.05, 4.69) is 10.6 Å². The van der Waals surface area contributed by atoms with E-state index in [0.717, 1.165) is 10.5 Å². The van der Waals surface area contributed by atoms with Crippen molar-refractivity contribution in [1.29, 1.82) is 0 Å². The van der Waals surface area contributed by atoms with E-state index >= 15 is 0 Å². The van der Waals surface area contributed by atoms with E-state index in [1.807, 2.05) is 32.9 Å². The number of nitrogens with zero attached hydrogens (tertiary/aromatic N) is 1. The highest BCUT2D eigenvalue weighted by Crippen LogP contribution is 2.39. The zero-order chi connectivity index (χ0) is 56.2. The summed E-state index contributed by atoms with van der Waals surface area (Å²) < 4.78 is 35.8. The number of esters is 1. The molecule has 3 aliphatic heterocycles. The van der Waals surface area contributed by atoms with Crippen molar-refractivity contribution in [3.8, 4) is 0 Å². The van der Waals surface area contributed by atoms with Crippen molar-refractivity contribution in [3.63, 3.8) is 0 Å². The van der Waals surface area contributed by atoms with Gasteiger partial charge >= 0.3 is 18.0 Å². The predicted molar refractivity (Wildman–Crippen MR) is 279 cm³/mol. The quantitative estimate of drug-likeness (QED) is 0.0888. The molecule has 3 amide bonds. The Morgan fingerprint density at radius 3 is 2.21 bits per heavy atom. The maximum Gasteiger partial charge on any atom is 0.408 e. The lowest BCUT2D eigenvalue weighted by atomic mass is 9.80. The second-order valence-electron chi connectivity index (χ2n) is 22.3. The SMILES string of the molecule is CCC1C=C(C)CC(C)CC(OC)C2OC(O)(C(=O)C(=O)N3CCCCC3C(=O)OC(C(C)=CC3CCC(NC(=O)C(C)(C)OC(=O)N[C@@H](Cc4ccccc4)C(=O)O)C(OC)C3)C(C)C(O)CC1=O)C(C)CC2OC. The Kier molecular flexibility index (Phi) is 22.4. The van der Waals surface area contributed by atoms with Crippen LogP contribution in [-0.2, 0) is 63.6 Å². The molecule has 15 atom stereocenters. The predicted octanol–water partition coefficient (Wildman–Crippen LogP) is 5.80. The van der Waals surface area contributed by atoms with Gasteiger partial charge in [0, 0.05) is 58.5 Å². The van der Waals surface area contributed by atoms with E-state index in [0.29, 0.717) is 62.5 Å². The average Bonchev–Trinajstić information content (AvgIpc) is 3.38. The third-order valence-corrected chi connectivity index (χ3v) is 16.0. The van der Waals surface area contributed by atoms with Gasteiger partial charge in [-0.2, -0.15) is 0 Å². The van der Waals surface area contributed by atoms with Crippen molar-refractivity contribution in [3.05, 3.63) is 59.2 Å². The number of hydrogen-bond acceptors (Lipinski definition) is 15. The highest BCUT2D eigenvalue weighted by molar-refractivity contribution is 6.39. The molecular weight excluding hydrogens is 983 g/mol. The number of fused-ring (bicyclic) bond motifs is 3. The number of carbonyl (C=O) groups excluding carboxylic acids is 6. The second-order valence-corrected chi connectivity index (χ2v) is 22.3. The molecule has 4 aliphatic rings. The normalized spacial score (nSPS) is 33.4. The highest BCUT2D eigenvalue weighted by atomic mass is 16.7. The number of ketones is 2. The number of carbonyl (C=O) groups is 7. The first-order valence-electron chi connectivity index (χ1n) is 27.1. The first-order chi connectivity index (χ1) is 35.9. The minimum atomic E-state index is -2.56. The number of aliphatic hydroxyl groups excluding tert-OH is 1. The summed E-state index contributed by atoms with van der Waals surface area (Å²) >= 11 is 0. The van der Waals surface area contributed by atoms with Crippen LogP contribution >= 0.6 is 0 Å². The fraction of sp³-hybridized carbons (Fsp3) is 0.702. The van der Waals surface area contributed by atoms with Crippen LogP contribution in [0.1, 0.15) is 132 Å². The smallest absolute Gasteiger partial charge is 0.408 e. The standard InChI is InChI=1S/C57H85N3O16/c1-12-39-25-32(2)24-33(3)26-46(72-10)49-47(73-11)28-35(5)57(70,75-49)50(63)51(64)60-23-17-16-20-42(60)53(67)74-48(36(6)43(61)31-44(39)62)34(4)27-38-21-22-40(45(30-38)71-9)58-54(68)56(7,8)76-55(69)59-41(52(65)66)29-37-18-14-13-15-19-37/h13-15,18-19,25,27,33,35-36,38-43,45-49,61,70H,12,16-17,20-24,26,28-31H2,1-11H3,(H,58,68)(H,59,69)(H,65,66)/t33?,35?,36?,38?,39?,40?,41-,42?,43?,45?,46?,47?,48?,49?,57?/m0/s1. The van der Waals surface area contributed by atoms with Gasteiger partial charge in [-0.3, -0.25) is 19.2 Å². The molecule has 5 rings (SSSR count). The minimum absolute atomic E-state index is 0.000697. The van der Waals surface area contributed by atoms with Gasteiger partial charge < -0.3 is 59.3 Å². The fourth-order valence-electron chi connectivity index (χ4n) is 11.4. The molecule has 1 aromatic rings. The molecule has 1 saturated carbocycles. The number of carboxylic acid groups (broad SMARTS) is 1. The summed E-state index contributed by atoms with van der Waals surface area (Å²) in [7, 11) is 4.54. The van der Waals surface area contributed by atoms with Crippen molar-refractivity contribution in [2.24, 2.45) is 29.6 Å². The second kappa shape index (κ2) is 27.5. The molecule has 0 radical (unpaired) electrons. The van der Waals surface area contributed by atoms with E-state index in [1.54, 1.807) is 51.1 Å². The third-order valence-electron chi connectivity index (χ3n) is 16.0. The van der Waals surface area contributed by atoms with E-state index in [-0.39, 0.29) is 49.8 Å². The lowest BCUT2D eigenvalue weighted by Crippen LogP contribution is -2.64. The van der Waals surface area contributed by atoms with Crippen LogP contribution in [0.4, 0.5) is 4.79 Å². The maximum atomic E-state index is 14.6. The highest BCUT2D eigenvalue weighted by Gasteiger charge is 2.57. The van der Waals surface area contributed by atoms with Crippen LogP contribution in [-0.4, -0.2) is 156 Å². The van der Waals surface area contributed by atoms with Crippen LogP contribution in [0.2, 0.25) is 0 Å². The summed E-state index contributed by atoms with van der Waals surface area (Å²) in [5.41, 5.74) is 0.487. The Labute approximate surface area is 448 Å². The maximum absolute atomic E-state index is 14.6. The number of carboxylic acids is 1. The van der Waals surface area contributed by atoms with Crippen molar-refractivity contribution < 1.29 is 77.3 Å². The van der Waals surface area contributed by atoms with Gasteiger partial charge in [-0.15, -0.1) is 0 Å². The van der Waals surface area contributed by atoms with E-state index < -0.39 is 120 Å². The number of alkyl carbamates (subject to hydrolysis) is 1. The first-order valence-corrected chi connectivity index (χ1v) is 27.1. The lowest BCUT2D eigenvalue weighted by molar-refractivity contribution is -0.302. The van der Waals surface area contributed by atoms with E-state index in [9.17, 15) is 48.9 Å². The Morgan fingerprint density at radius 1 is 0.921 bits per heavy atom. The Morgan fingerprint density at radius 2 is 1.58 bits per heavy atom. The molecule has 1 aromatic carbocycles. The first kappa shape index (κ1) is 61.8. The Hall–Kier alpha value is -5.05. The van der Waals surface area contributed by atoms with Crippen LogP contribution in [0, 0.1) is 29.6 Å². The third kappa shape index (κ3) is 15.6. The number of methoxy groups -OCH3 is 3. The number of allylic oxidation sites excluding steroid dienone is 3. The number of hydrogen-bond donors (Lipinski definition) is 5. The summed E-state index contributed by atoms with van der Waals surface area (Å²) in [6.07, 6.45) is 1.68. The monoisotopic (exact) mass is 1070 g/mol. The van der Waals surface area contributed by atoms with Gasteiger partial charge in [0.1, 0.15) is 30.1 Å². The number of Topliss-reactive ketones (excluding diaryl/α,β-unsaturated/α-hetero) is 2. The zero-order valence-electron chi connectivity index (χ0n) is 46.4. The summed E-state index contributed by atoms with van der Waals surface area (Å²) in [4.78, 5) is 97.3. The number of nitrogens with one attached hydrogen (secondary N) is 2. The van der Waals surface area contributed by atoms with Gasteiger partial charge in [0.2, 0.25) is 5.79 Å². The number of aliphatic hydroxyl groups is 2. The van der Waals surface area contributed by atoms with Gasteiger partial charge in [0.15, 0.2) is 5.60 Å². The molecule has 0 spiro atoms. The van der Waals surface area contributed by atoms with E-state index in [1.165, 1.54) is 35.2 Å². The molecule has 2 saturated heterocycles. The summed E-state index contributed by atoms with van der Waals surface area (Å²) in [6, 6.07) is 5.72. The van der Waals surface area contributed by atoms with Crippen LogP contribution in [0.3, 0.4) is 0 Å². The van der Waals surface area contributed by atoms with Crippen molar-refractivity contribution in [1.82, 2.24) is 15.5 Å². The number of aliphatic carboxylic acids is 1. The molecule has 424 valence electrons. The molecule has 3 heterocycles. The summed E-state index contributed by atoms with van der Waals surface area (Å²) in [5, 5.41) is 39.2. The molecule has 2 bridgehead atoms. The molecule has 0 aromatic heterocycles. The average molecular weight is 1070 g/mol. The number of cyclic esters (lactones) is 1. The summed E-state index contributed by atoms with van der Waals surface area (Å²) in [6.45, 7) is 13.8. The molecule has 3 fully saturated rings. The van der Waals surface area contributed by atoms with E-state index in [4.69, 9.17) is 28.4 Å². The Bertz CT molecular complexity index is 2250. The van der Waals surface area contributed by atoms with Crippen LogP contribution in [0.15, 0.2) is 53.6 Å². The van der Waals surface area contributed by atoms with Gasteiger partial charge in [0.25, 0.3) is 17.6 Å². The number of ether oxygens (including phenoxy) is 6. The fourth-order valence-corrected chi connectivity index (χ4v) is 11.4. The van der Waals surface area contributed by atoms with Crippen molar-refractivity contribution >= 4 is 41.4 Å². The number of amides is 3. The van der Waals surface area contributed by atoms with Crippen molar-refractivity contribution in [2.45, 2.75) is 199 Å². The minimum Gasteiger partial charge on any atom is -0.480 e. The number of piperidine rings is 1. The largest absolute Gasteiger partial charge is 0.480 e. The number of benzene rings is 1. The van der Waals surface area contributed by atoms with Gasteiger partial charge in [-0.05, 0) is 115 Å². The Balaban J connectivity index is 1.39. The molecule has 76 heavy (non-hydrogen) atoms. The molecule has 14 unspecified atom stereocenters. The zero-order valence-corrected chi connectivity index (χ0v) is 46.4. The van der Waals surface area contributed by atoms with Gasteiger partial charge in [-0.1, -0.05) is 75.8 Å². The molecule has 19 heteroatoms. The molecular formula is C57H85N3O16. The topological polar surface area (TPSA) is 263 Å². The lowest BCUT2D eigenvalue weighted by Gasteiger charge is -2.47. The number of rotatable bonds is 13. The van der Waals surface area contributed by atoms with Gasteiger partial charge in [-0.25, -0.2) is 14.4 Å². The molecule has 5 N–H and O–H groups in total. The van der Waals surface area contributed by atoms with Crippen LogP contribution < -0.4 is 10.6 Å². The van der Waals surface area contributed by atoms with Gasteiger partial charge in [0.05, 0.1) is 30.5 Å².